The van der Waals surface area contributed by atoms with Crippen LogP contribution < -0.4 is 20.3 Å². The fourth-order valence-corrected chi connectivity index (χ4v) is 5.04. The highest BCUT2D eigenvalue weighted by Gasteiger charge is 2.23. The number of para-hydroxylation sites is 2. The Morgan fingerprint density at radius 1 is 0.614 bits per heavy atom. The summed E-state index contributed by atoms with van der Waals surface area (Å²) in [6, 6.07) is 44.0. The number of aromatic nitrogens is 3. The molecule has 7 rings (SSSR count). The number of H-pyrrole nitrogens is 1. The topological polar surface area (TPSA) is 96.5 Å². The molecule has 0 bridgehead atoms. The first-order chi connectivity index (χ1) is 21.8. The zero-order chi connectivity index (χ0) is 29.6. The molecule has 0 amide bonds. The third-order valence-corrected chi connectivity index (χ3v) is 7.30. The molecule has 216 valence electrons. The molecule has 0 saturated heterocycles. The van der Waals surface area contributed by atoms with Crippen molar-refractivity contribution in [3.63, 3.8) is 0 Å². The molecular weight excluding hydrogens is 548 g/mol. The highest BCUT2D eigenvalue weighted by Crippen LogP contribution is 2.31. The lowest BCUT2D eigenvalue weighted by Gasteiger charge is -2.14. The molecule has 1 aliphatic heterocycles. The van der Waals surface area contributed by atoms with Crippen LogP contribution in [0.3, 0.4) is 0 Å². The first kappa shape index (κ1) is 27.1. The van der Waals surface area contributed by atoms with Crippen LogP contribution in [0.2, 0.25) is 0 Å². The number of nitrogens with one attached hydrogen (secondary N) is 3. The molecule has 0 spiro atoms. The van der Waals surface area contributed by atoms with E-state index >= 15 is 0 Å². The van der Waals surface area contributed by atoms with Gasteiger partial charge in [-0.15, -0.1) is 0 Å². The van der Waals surface area contributed by atoms with Crippen molar-refractivity contribution in [2.24, 2.45) is 4.99 Å². The third kappa shape index (κ3) is 6.06. The van der Waals surface area contributed by atoms with Crippen molar-refractivity contribution >= 4 is 5.84 Å². The van der Waals surface area contributed by atoms with Gasteiger partial charge < -0.3 is 14.9 Å². The number of hydrogen-bond donors (Lipinski definition) is 3. The predicted molar refractivity (Wildman–Crippen MR) is 171 cm³/mol. The van der Waals surface area contributed by atoms with E-state index in [2.05, 4.69) is 33.2 Å². The van der Waals surface area contributed by atoms with Crippen LogP contribution in [0, 0.1) is 0 Å². The summed E-state index contributed by atoms with van der Waals surface area (Å²) in [5.74, 6) is 3.48. The quantitative estimate of drug-likeness (QED) is 0.165. The average molecular weight is 579 g/mol. The molecule has 5 aromatic carbocycles. The van der Waals surface area contributed by atoms with Crippen LogP contribution >= 0.6 is 0 Å². The fraction of sp³-hybridized carbons (Fsp3) is 0.0833. The zero-order valence-electron chi connectivity index (χ0n) is 23.9. The first-order valence-corrected chi connectivity index (χ1v) is 14.4. The number of ether oxygens (including phenoxy) is 2. The number of aliphatic imine (C=N–C) groups is 1. The largest absolute Gasteiger partial charge is 0.488 e. The summed E-state index contributed by atoms with van der Waals surface area (Å²) in [5.41, 5.74) is 12.3. The van der Waals surface area contributed by atoms with Gasteiger partial charge in [0.25, 0.3) is 0 Å². The molecule has 1 atom stereocenters. The van der Waals surface area contributed by atoms with Gasteiger partial charge in [-0.1, -0.05) is 109 Å². The van der Waals surface area contributed by atoms with E-state index in [1.165, 1.54) is 0 Å². The van der Waals surface area contributed by atoms with Crippen LogP contribution in [0.1, 0.15) is 28.4 Å². The minimum atomic E-state index is -0.303. The predicted octanol–water partition coefficient (Wildman–Crippen LogP) is 6.85. The lowest BCUT2D eigenvalue weighted by molar-refractivity contribution is 0.299. The van der Waals surface area contributed by atoms with E-state index in [0.29, 0.717) is 24.9 Å². The number of rotatable bonds is 10. The van der Waals surface area contributed by atoms with E-state index in [4.69, 9.17) is 19.5 Å². The van der Waals surface area contributed by atoms with Crippen molar-refractivity contribution in [2.45, 2.75) is 19.4 Å². The summed E-state index contributed by atoms with van der Waals surface area (Å²) >= 11 is 0. The maximum Gasteiger partial charge on any atom is 0.181 e. The number of nitrogens with zero attached hydrogens (tertiary/aromatic N) is 3. The van der Waals surface area contributed by atoms with Crippen LogP contribution in [0.15, 0.2) is 138 Å². The van der Waals surface area contributed by atoms with E-state index in [0.717, 1.165) is 50.7 Å². The van der Waals surface area contributed by atoms with Gasteiger partial charge in [0.2, 0.25) is 0 Å². The van der Waals surface area contributed by atoms with Gasteiger partial charge in [-0.2, -0.15) is 5.10 Å². The molecule has 1 unspecified atom stereocenters. The summed E-state index contributed by atoms with van der Waals surface area (Å²) in [6.07, 6.45) is -0.303. The Morgan fingerprint density at radius 3 is 2.02 bits per heavy atom. The highest BCUT2D eigenvalue weighted by molar-refractivity contribution is 6.00. The lowest BCUT2D eigenvalue weighted by atomic mass is 10.1. The Morgan fingerprint density at radius 2 is 1.25 bits per heavy atom. The molecule has 6 aromatic rings. The van der Waals surface area contributed by atoms with Gasteiger partial charge in [-0.05, 0) is 35.4 Å². The van der Waals surface area contributed by atoms with E-state index in [1.54, 1.807) is 0 Å². The van der Waals surface area contributed by atoms with Gasteiger partial charge in [0.1, 0.15) is 36.7 Å². The average Bonchev–Trinajstić information content (AvgIpc) is 3.79. The van der Waals surface area contributed by atoms with E-state index in [9.17, 15) is 0 Å². The standard InChI is InChI=1S/C36H30N6O2/c1-3-12-25(13-4-1)23-43-31-20-9-7-18-29(31)35-37-33(39-41-35)27-16-11-17-28(22-27)34-38-36(42-40-34)30-19-8-10-21-32(30)44-24-26-14-5-2-6-15-26/h1-22,35,41H,23-24H2,(H,37,39)(H,38,40,42). The molecule has 44 heavy (non-hydrogen) atoms. The molecule has 2 heterocycles. The number of hydrazine groups is 1. The molecule has 0 fully saturated rings. The van der Waals surface area contributed by atoms with Crippen LogP contribution in [-0.2, 0) is 13.2 Å². The molecule has 3 N–H and O–H groups in total. The van der Waals surface area contributed by atoms with Crippen molar-refractivity contribution in [2.75, 3.05) is 0 Å². The van der Waals surface area contributed by atoms with Crippen molar-refractivity contribution in [3.8, 4) is 34.3 Å². The van der Waals surface area contributed by atoms with Crippen molar-refractivity contribution in [1.29, 1.82) is 0 Å². The van der Waals surface area contributed by atoms with Crippen molar-refractivity contribution < 1.29 is 9.47 Å². The van der Waals surface area contributed by atoms with Crippen LogP contribution in [0.4, 0.5) is 0 Å². The van der Waals surface area contributed by atoms with Gasteiger partial charge in [-0.3, -0.25) is 5.10 Å². The first-order valence-electron chi connectivity index (χ1n) is 14.4. The van der Waals surface area contributed by atoms with E-state index in [1.807, 2.05) is 121 Å². The zero-order valence-corrected chi connectivity index (χ0v) is 23.9. The highest BCUT2D eigenvalue weighted by atomic mass is 16.5. The molecule has 8 nitrogen and oxygen atoms in total. The van der Waals surface area contributed by atoms with Gasteiger partial charge in [0.15, 0.2) is 11.6 Å². The number of hydrogen-bond acceptors (Lipinski definition) is 7. The van der Waals surface area contributed by atoms with Gasteiger partial charge >= 0.3 is 0 Å². The minimum Gasteiger partial charge on any atom is -0.488 e. The van der Waals surface area contributed by atoms with E-state index < -0.39 is 0 Å². The summed E-state index contributed by atoms with van der Waals surface area (Å²) in [6.45, 7) is 0.952. The molecule has 0 saturated carbocycles. The minimum absolute atomic E-state index is 0.303. The monoisotopic (exact) mass is 578 g/mol. The van der Waals surface area contributed by atoms with E-state index in [-0.39, 0.29) is 6.17 Å². The summed E-state index contributed by atoms with van der Waals surface area (Å²) in [7, 11) is 0. The lowest BCUT2D eigenvalue weighted by Crippen LogP contribution is -2.32. The third-order valence-electron chi connectivity index (χ3n) is 7.30. The molecule has 8 heteroatoms. The van der Waals surface area contributed by atoms with Crippen LogP contribution in [0.25, 0.3) is 22.8 Å². The Hall–Kier alpha value is -5.73. The fourth-order valence-electron chi connectivity index (χ4n) is 5.04. The Kier molecular flexibility index (Phi) is 7.79. The molecule has 0 radical (unpaired) electrons. The summed E-state index contributed by atoms with van der Waals surface area (Å²) in [5, 5.41) is 7.62. The number of aromatic amines is 1. The number of amidine groups is 1. The summed E-state index contributed by atoms with van der Waals surface area (Å²) < 4.78 is 12.3. The van der Waals surface area contributed by atoms with Gasteiger partial charge in [0, 0.05) is 16.7 Å². The van der Waals surface area contributed by atoms with Crippen LogP contribution in [0.5, 0.6) is 11.5 Å². The SMILES string of the molecule is c1ccc(COc2ccccc2-c2nc(-c3cccc(C4=NC(c5ccccc5OCc5ccccc5)NN4)c3)n[nH]2)cc1. The molecule has 0 aliphatic carbocycles. The normalized spacial score (nSPS) is 14.1. The van der Waals surface area contributed by atoms with Crippen LogP contribution in [-0.4, -0.2) is 21.0 Å². The second kappa shape index (κ2) is 12.6. The second-order valence-corrected chi connectivity index (χ2v) is 10.3. The summed E-state index contributed by atoms with van der Waals surface area (Å²) in [4.78, 5) is 9.75. The smallest absolute Gasteiger partial charge is 0.181 e. The van der Waals surface area contributed by atoms with Crippen molar-refractivity contribution in [3.05, 3.63) is 156 Å². The van der Waals surface area contributed by atoms with Crippen molar-refractivity contribution in [1.82, 2.24) is 26.0 Å². The Balaban J connectivity index is 1.08. The Labute approximate surface area is 255 Å². The Bertz CT molecular complexity index is 1890. The maximum absolute atomic E-state index is 6.17. The van der Waals surface area contributed by atoms with Gasteiger partial charge in [-0.25, -0.2) is 15.4 Å². The molecule has 1 aromatic heterocycles. The van der Waals surface area contributed by atoms with Gasteiger partial charge in [0.05, 0.1) is 5.56 Å². The molecular formula is C36H30N6O2. The number of benzene rings is 5. The molecule has 1 aliphatic rings. The maximum atomic E-state index is 6.17. The second-order valence-electron chi connectivity index (χ2n) is 10.3.